The Morgan fingerprint density at radius 1 is 1.31 bits per heavy atom. The van der Waals surface area contributed by atoms with Crippen molar-refractivity contribution in [1.82, 2.24) is 5.32 Å². The molecule has 2 amide bonds. The number of hydrogen-bond donors (Lipinski definition) is 3. The van der Waals surface area contributed by atoms with Crippen LogP contribution in [0.4, 0.5) is 5.69 Å². The molecule has 1 aromatic carbocycles. The Morgan fingerprint density at radius 2 is 2.00 bits per heavy atom. The lowest BCUT2D eigenvalue weighted by Crippen LogP contribution is -2.29. The minimum atomic E-state index is -1.13. The number of nitrogens with one attached hydrogen (secondary N) is 2. The van der Waals surface area contributed by atoms with E-state index < -0.39 is 18.4 Å². The topological polar surface area (TPSA) is 95.5 Å². The van der Waals surface area contributed by atoms with E-state index in [1.807, 2.05) is 0 Å². The van der Waals surface area contributed by atoms with E-state index in [4.69, 9.17) is 5.11 Å². The summed E-state index contributed by atoms with van der Waals surface area (Å²) in [6.07, 6.45) is 0.448. The van der Waals surface area contributed by atoms with Crippen molar-refractivity contribution in [3.05, 3.63) is 29.8 Å². The molecule has 84 valence electrons. The number of carboxylic acid groups (broad SMARTS) is 1. The second kappa shape index (κ2) is 5.50. The van der Waals surface area contributed by atoms with Gasteiger partial charge in [-0.3, -0.25) is 14.4 Å². The summed E-state index contributed by atoms with van der Waals surface area (Å²) in [6.45, 7) is -0.464. The summed E-state index contributed by atoms with van der Waals surface area (Å²) < 4.78 is 0. The molecule has 0 atom stereocenters. The molecular weight excluding hydrogens is 212 g/mol. The first-order valence-corrected chi connectivity index (χ1v) is 4.44. The van der Waals surface area contributed by atoms with Gasteiger partial charge in [-0.2, -0.15) is 0 Å². The van der Waals surface area contributed by atoms with Crippen LogP contribution in [0.25, 0.3) is 0 Å². The lowest BCUT2D eigenvalue weighted by atomic mass is 10.1. The van der Waals surface area contributed by atoms with E-state index >= 15 is 0 Å². The fourth-order valence-electron chi connectivity index (χ4n) is 1.12. The molecular formula is C10H10N2O4. The molecule has 0 aromatic heterocycles. The van der Waals surface area contributed by atoms with Crippen LogP contribution < -0.4 is 10.6 Å². The van der Waals surface area contributed by atoms with Gasteiger partial charge in [0.1, 0.15) is 6.54 Å². The van der Waals surface area contributed by atoms with Crippen molar-refractivity contribution in [2.24, 2.45) is 0 Å². The van der Waals surface area contributed by atoms with E-state index in [9.17, 15) is 14.4 Å². The van der Waals surface area contributed by atoms with Crippen molar-refractivity contribution in [2.75, 3.05) is 11.9 Å². The number of para-hydroxylation sites is 1. The molecule has 6 nitrogen and oxygen atoms in total. The second-order valence-corrected chi connectivity index (χ2v) is 2.88. The fraction of sp³-hybridized carbons (Fsp3) is 0.100. The van der Waals surface area contributed by atoms with Crippen molar-refractivity contribution < 1.29 is 19.5 Å². The first kappa shape index (κ1) is 11.7. The first-order valence-electron chi connectivity index (χ1n) is 4.44. The maximum Gasteiger partial charge on any atom is 0.322 e. The second-order valence-electron chi connectivity index (χ2n) is 2.88. The van der Waals surface area contributed by atoms with Gasteiger partial charge in [-0.1, -0.05) is 12.1 Å². The molecule has 0 spiro atoms. The van der Waals surface area contributed by atoms with Crippen LogP contribution >= 0.6 is 0 Å². The highest BCUT2D eigenvalue weighted by molar-refractivity contribution is 6.02. The van der Waals surface area contributed by atoms with Crippen LogP contribution in [-0.2, 0) is 9.59 Å². The van der Waals surface area contributed by atoms with E-state index in [-0.39, 0.29) is 5.56 Å². The Labute approximate surface area is 91.3 Å². The van der Waals surface area contributed by atoms with E-state index in [0.717, 1.165) is 0 Å². The molecule has 0 saturated heterocycles. The number of anilines is 1. The van der Waals surface area contributed by atoms with Crippen LogP contribution in [-0.4, -0.2) is 29.9 Å². The van der Waals surface area contributed by atoms with Gasteiger partial charge in [0, 0.05) is 0 Å². The van der Waals surface area contributed by atoms with Crippen LogP contribution in [0.3, 0.4) is 0 Å². The van der Waals surface area contributed by atoms with Gasteiger partial charge >= 0.3 is 5.97 Å². The van der Waals surface area contributed by atoms with Crippen molar-refractivity contribution in [3.8, 4) is 0 Å². The van der Waals surface area contributed by atoms with Crippen molar-refractivity contribution in [3.63, 3.8) is 0 Å². The van der Waals surface area contributed by atoms with Gasteiger partial charge in [-0.15, -0.1) is 0 Å². The Morgan fingerprint density at radius 3 is 2.62 bits per heavy atom. The molecule has 16 heavy (non-hydrogen) atoms. The average Bonchev–Trinajstić information content (AvgIpc) is 2.27. The largest absolute Gasteiger partial charge is 0.480 e. The molecule has 0 radical (unpaired) electrons. The summed E-state index contributed by atoms with van der Waals surface area (Å²) >= 11 is 0. The number of carboxylic acids is 1. The van der Waals surface area contributed by atoms with Gasteiger partial charge in [0.05, 0.1) is 11.3 Å². The number of carbonyl (C=O) groups is 3. The maximum atomic E-state index is 11.5. The minimum Gasteiger partial charge on any atom is -0.480 e. The molecule has 1 aromatic rings. The van der Waals surface area contributed by atoms with Crippen LogP contribution in [0, 0.1) is 0 Å². The third-order valence-corrected chi connectivity index (χ3v) is 1.79. The number of benzene rings is 1. The molecule has 0 fully saturated rings. The summed E-state index contributed by atoms with van der Waals surface area (Å²) in [4.78, 5) is 32.1. The lowest BCUT2D eigenvalue weighted by molar-refractivity contribution is -0.135. The fourth-order valence-corrected chi connectivity index (χ4v) is 1.12. The Kier molecular flexibility index (Phi) is 4.02. The molecule has 0 bridgehead atoms. The van der Waals surface area contributed by atoms with Crippen molar-refractivity contribution in [1.29, 1.82) is 0 Å². The van der Waals surface area contributed by atoms with Crippen LogP contribution in [0.2, 0.25) is 0 Å². The predicted molar refractivity (Wildman–Crippen MR) is 56.1 cm³/mol. The minimum absolute atomic E-state index is 0.218. The van der Waals surface area contributed by atoms with Gasteiger partial charge < -0.3 is 15.7 Å². The molecule has 0 aliphatic rings. The smallest absolute Gasteiger partial charge is 0.322 e. The van der Waals surface area contributed by atoms with E-state index in [1.54, 1.807) is 18.2 Å². The number of rotatable bonds is 5. The molecule has 0 aliphatic carbocycles. The first-order chi connectivity index (χ1) is 7.65. The summed E-state index contributed by atoms with van der Waals surface area (Å²) in [5.41, 5.74) is 0.552. The summed E-state index contributed by atoms with van der Waals surface area (Å²) in [7, 11) is 0. The van der Waals surface area contributed by atoms with Crippen LogP contribution in [0.5, 0.6) is 0 Å². The SMILES string of the molecule is O=CNc1ccccc1C(=O)NCC(=O)O. The number of hydrogen-bond acceptors (Lipinski definition) is 3. The number of carbonyl (C=O) groups excluding carboxylic acids is 2. The third-order valence-electron chi connectivity index (χ3n) is 1.79. The normalized spacial score (nSPS) is 9.25. The molecule has 6 heteroatoms. The highest BCUT2D eigenvalue weighted by Crippen LogP contribution is 2.13. The van der Waals surface area contributed by atoms with E-state index in [1.165, 1.54) is 6.07 Å². The molecule has 1 rings (SSSR count). The molecule has 0 aliphatic heterocycles. The van der Waals surface area contributed by atoms with Gasteiger partial charge in [0.2, 0.25) is 6.41 Å². The zero-order valence-corrected chi connectivity index (χ0v) is 8.27. The highest BCUT2D eigenvalue weighted by atomic mass is 16.4. The van der Waals surface area contributed by atoms with Crippen LogP contribution in [0.15, 0.2) is 24.3 Å². The van der Waals surface area contributed by atoms with Gasteiger partial charge in [-0.25, -0.2) is 0 Å². The van der Waals surface area contributed by atoms with E-state index in [0.29, 0.717) is 12.1 Å². The highest BCUT2D eigenvalue weighted by Gasteiger charge is 2.10. The zero-order valence-electron chi connectivity index (χ0n) is 8.27. The standard InChI is InChI=1S/C10H10N2O4/c13-6-12-8-4-2-1-3-7(8)10(16)11-5-9(14)15/h1-4,6H,5H2,(H,11,16)(H,12,13)(H,14,15). The summed E-state index contributed by atoms with van der Waals surface area (Å²) in [6, 6.07) is 6.30. The lowest BCUT2D eigenvalue weighted by Gasteiger charge is -2.07. The van der Waals surface area contributed by atoms with Gasteiger partial charge in [-0.05, 0) is 12.1 Å². The van der Waals surface area contributed by atoms with E-state index in [2.05, 4.69) is 10.6 Å². The Hall–Kier alpha value is -2.37. The molecule has 0 heterocycles. The van der Waals surface area contributed by atoms with Gasteiger partial charge in [0.25, 0.3) is 5.91 Å². The van der Waals surface area contributed by atoms with Crippen LogP contribution in [0.1, 0.15) is 10.4 Å². The Bertz CT molecular complexity index is 417. The number of amides is 2. The molecule has 0 unspecified atom stereocenters. The van der Waals surface area contributed by atoms with Crippen molar-refractivity contribution in [2.45, 2.75) is 0 Å². The summed E-state index contributed by atoms with van der Waals surface area (Å²) in [5, 5.41) is 13.0. The monoisotopic (exact) mass is 222 g/mol. The zero-order chi connectivity index (χ0) is 12.0. The number of aliphatic carboxylic acids is 1. The quantitative estimate of drug-likeness (QED) is 0.614. The summed E-state index contributed by atoms with van der Waals surface area (Å²) in [5.74, 6) is -1.68. The average molecular weight is 222 g/mol. The molecule has 3 N–H and O–H groups in total. The Balaban J connectivity index is 2.81. The maximum absolute atomic E-state index is 11.5. The van der Waals surface area contributed by atoms with Crippen molar-refractivity contribution >= 4 is 24.0 Å². The van der Waals surface area contributed by atoms with Gasteiger partial charge in [0.15, 0.2) is 0 Å². The molecule has 0 saturated carbocycles. The predicted octanol–water partition coefficient (Wildman–Crippen LogP) is 0.0693. The third kappa shape index (κ3) is 3.09.